The van der Waals surface area contributed by atoms with Gasteiger partial charge in [0, 0.05) is 30.4 Å². The van der Waals surface area contributed by atoms with Crippen molar-refractivity contribution in [1.29, 1.82) is 0 Å². The first-order valence-electron chi connectivity index (χ1n) is 9.70. The van der Waals surface area contributed by atoms with E-state index in [1.807, 2.05) is 42.5 Å². The zero-order chi connectivity index (χ0) is 19.6. The van der Waals surface area contributed by atoms with Crippen molar-refractivity contribution >= 4 is 22.6 Å². The Kier molecular flexibility index (Phi) is 5.65. The Hall–Kier alpha value is -1.98. The Balaban J connectivity index is 1.71. The molecule has 2 aliphatic rings. The van der Waals surface area contributed by atoms with Crippen molar-refractivity contribution in [3.8, 4) is 0 Å². The van der Waals surface area contributed by atoms with Crippen LogP contribution in [-0.4, -0.2) is 29.8 Å². The lowest BCUT2D eigenvalue weighted by Crippen LogP contribution is -2.46. The van der Waals surface area contributed by atoms with E-state index >= 15 is 0 Å². The first kappa shape index (κ1) is 19.3. The standard InChI is InChI=1S/C23H24FNO2S/c1-27-18-12-11-17-15-28-22(13-21(26)16-7-3-2-4-8-16)25-23(17,14-18)19-9-5-6-10-20(19)24/h2-10,17-18H,11-15H2,1H3/t17-,18-,23-/m0/s1. The quantitative estimate of drug-likeness (QED) is 0.647. The van der Waals surface area contributed by atoms with Crippen molar-refractivity contribution in [3.63, 3.8) is 0 Å². The molecule has 1 aliphatic heterocycles. The van der Waals surface area contributed by atoms with Crippen molar-refractivity contribution < 1.29 is 13.9 Å². The highest BCUT2D eigenvalue weighted by atomic mass is 32.2. The van der Waals surface area contributed by atoms with E-state index < -0.39 is 5.54 Å². The normalized spacial score (nSPS) is 27.0. The number of ketones is 1. The van der Waals surface area contributed by atoms with E-state index in [1.54, 1.807) is 24.9 Å². The summed E-state index contributed by atoms with van der Waals surface area (Å²) in [5.41, 5.74) is 0.667. The molecule has 4 rings (SSSR count). The number of hydrogen-bond acceptors (Lipinski definition) is 4. The lowest BCUT2D eigenvalue weighted by molar-refractivity contribution is 0.0193. The van der Waals surface area contributed by atoms with E-state index in [4.69, 9.17) is 9.73 Å². The summed E-state index contributed by atoms with van der Waals surface area (Å²) in [7, 11) is 1.71. The fourth-order valence-corrected chi connectivity index (χ4v) is 5.71. The lowest BCUT2D eigenvalue weighted by atomic mass is 9.68. The van der Waals surface area contributed by atoms with Gasteiger partial charge in [-0.3, -0.25) is 9.79 Å². The average Bonchev–Trinajstić information content (AvgIpc) is 2.74. The van der Waals surface area contributed by atoms with Gasteiger partial charge < -0.3 is 4.74 Å². The number of aliphatic imine (C=N–C) groups is 1. The van der Waals surface area contributed by atoms with Gasteiger partial charge in [-0.15, -0.1) is 11.8 Å². The van der Waals surface area contributed by atoms with Crippen LogP contribution in [0, 0.1) is 11.7 Å². The van der Waals surface area contributed by atoms with E-state index in [0.717, 1.165) is 23.6 Å². The number of fused-ring (bicyclic) bond motifs is 1. The number of Topliss-reactive ketones (excluding diaryl/α,β-unsaturated/α-hetero) is 1. The summed E-state index contributed by atoms with van der Waals surface area (Å²) in [6, 6.07) is 16.2. The number of carbonyl (C=O) groups is 1. The number of thioether (sulfide) groups is 1. The zero-order valence-corrected chi connectivity index (χ0v) is 16.8. The molecule has 0 bridgehead atoms. The van der Waals surface area contributed by atoms with E-state index in [2.05, 4.69) is 0 Å². The molecule has 1 heterocycles. The molecule has 3 nitrogen and oxygen atoms in total. The van der Waals surface area contributed by atoms with Crippen LogP contribution < -0.4 is 0 Å². The zero-order valence-electron chi connectivity index (χ0n) is 15.9. The highest BCUT2D eigenvalue weighted by molar-refractivity contribution is 8.14. The van der Waals surface area contributed by atoms with Crippen molar-refractivity contribution in [2.45, 2.75) is 37.3 Å². The molecule has 1 saturated carbocycles. The summed E-state index contributed by atoms with van der Waals surface area (Å²) in [5.74, 6) is 0.921. The summed E-state index contributed by atoms with van der Waals surface area (Å²) >= 11 is 1.65. The van der Waals surface area contributed by atoms with Gasteiger partial charge in [-0.2, -0.15) is 0 Å². The summed E-state index contributed by atoms with van der Waals surface area (Å²) in [6.45, 7) is 0. The maximum absolute atomic E-state index is 14.8. The van der Waals surface area contributed by atoms with E-state index in [9.17, 15) is 9.18 Å². The second kappa shape index (κ2) is 8.18. The molecule has 0 amide bonds. The molecule has 1 fully saturated rings. The minimum Gasteiger partial charge on any atom is -0.381 e. The first-order valence-corrected chi connectivity index (χ1v) is 10.7. The van der Waals surface area contributed by atoms with Gasteiger partial charge in [-0.05, 0) is 24.8 Å². The number of ether oxygens (including phenoxy) is 1. The highest BCUT2D eigenvalue weighted by Gasteiger charge is 2.49. The Morgan fingerprint density at radius 2 is 1.93 bits per heavy atom. The van der Waals surface area contributed by atoms with E-state index in [0.29, 0.717) is 17.5 Å². The molecule has 2 aromatic carbocycles. The molecule has 0 N–H and O–H groups in total. The fraction of sp³-hybridized carbons (Fsp3) is 0.391. The van der Waals surface area contributed by atoms with Gasteiger partial charge in [-0.25, -0.2) is 4.39 Å². The highest BCUT2D eigenvalue weighted by Crippen LogP contribution is 2.51. The fourth-order valence-electron chi connectivity index (χ4n) is 4.41. The lowest BCUT2D eigenvalue weighted by Gasteiger charge is -2.47. The Morgan fingerprint density at radius 1 is 1.18 bits per heavy atom. The molecule has 1 aliphatic carbocycles. The summed E-state index contributed by atoms with van der Waals surface area (Å²) in [6.07, 6.45) is 2.87. The maximum atomic E-state index is 14.8. The number of halogens is 1. The topological polar surface area (TPSA) is 38.7 Å². The van der Waals surface area contributed by atoms with Gasteiger partial charge in [0.1, 0.15) is 5.82 Å². The predicted molar refractivity (Wildman–Crippen MR) is 111 cm³/mol. The van der Waals surface area contributed by atoms with Gasteiger partial charge in [0.2, 0.25) is 0 Å². The van der Waals surface area contributed by atoms with Gasteiger partial charge >= 0.3 is 0 Å². The van der Waals surface area contributed by atoms with Crippen molar-refractivity contribution in [1.82, 2.24) is 0 Å². The van der Waals surface area contributed by atoms with Crippen LogP contribution in [0.25, 0.3) is 0 Å². The van der Waals surface area contributed by atoms with Gasteiger partial charge in [0.15, 0.2) is 5.78 Å². The Labute approximate surface area is 169 Å². The minimum atomic E-state index is -0.651. The smallest absolute Gasteiger partial charge is 0.169 e. The third kappa shape index (κ3) is 3.65. The van der Waals surface area contributed by atoms with Crippen LogP contribution in [0.5, 0.6) is 0 Å². The number of hydrogen-bond donors (Lipinski definition) is 0. The van der Waals surface area contributed by atoms with Gasteiger partial charge in [-0.1, -0.05) is 48.5 Å². The molecular weight excluding hydrogens is 373 g/mol. The predicted octanol–water partition coefficient (Wildman–Crippen LogP) is 5.25. The molecule has 5 heteroatoms. The Bertz CT molecular complexity index is 885. The number of carbonyl (C=O) groups excluding carboxylic acids is 1. The number of rotatable bonds is 5. The van der Waals surface area contributed by atoms with Crippen LogP contribution in [0.1, 0.15) is 41.6 Å². The van der Waals surface area contributed by atoms with Crippen LogP contribution in [0.3, 0.4) is 0 Å². The van der Waals surface area contributed by atoms with Crippen molar-refractivity contribution in [3.05, 3.63) is 71.5 Å². The molecule has 0 saturated heterocycles. The van der Waals surface area contributed by atoms with Crippen LogP contribution >= 0.6 is 11.8 Å². The molecule has 0 unspecified atom stereocenters. The SMILES string of the molecule is CO[C@H]1CC[C@H]2CSC(CC(=O)c3ccccc3)=N[C@@]2(c2ccccc2F)C1. The van der Waals surface area contributed by atoms with Crippen LogP contribution in [0.4, 0.5) is 4.39 Å². The molecule has 0 radical (unpaired) electrons. The molecule has 3 atom stereocenters. The third-order valence-corrected chi connectivity index (χ3v) is 7.05. The van der Waals surface area contributed by atoms with Crippen molar-refractivity contribution in [2.24, 2.45) is 10.9 Å². The molecule has 0 aromatic heterocycles. The maximum Gasteiger partial charge on any atom is 0.169 e. The number of benzene rings is 2. The number of nitrogens with zero attached hydrogens (tertiary/aromatic N) is 1. The number of methoxy groups -OCH3 is 1. The van der Waals surface area contributed by atoms with Crippen LogP contribution in [0.15, 0.2) is 59.6 Å². The molecule has 0 spiro atoms. The largest absolute Gasteiger partial charge is 0.381 e. The summed E-state index contributed by atoms with van der Waals surface area (Å²) in [5, 5.41) is 0.796. The average molecular weight is 398 g/mol. The van der Waals surface area contributed by atoms with E-state index in [-0.39, 0.29) is 30.0 Å². The molecule has 146 valence electrons. The van der Waals surface area contributed by atoms with Crippen LogP contribution in [-0.2, 0) is 10.3 Å². The summed E-state index contributed by atoms with van der Waals surface area (Å²) in [4.78, 5) is 17.8. The van der Waals surface area contributed by atoms with Gasteiger partial charge in [0.05, 0.1) is 23.1 Å². The second-order valence-corrected chi connectivity index (χ2v) is 8.62. The van der Waals surface area contributed by atoms with Crippen LogP contribution in [0.2, 0.25) is 0 Å². The minimum absolute atomic E-state index is 0.0492. The van der Waals surface area contributed by atoms with E-state index in [1.165, 1.54) is 6.07 Å². The molecular formula is C23H24FNO2S. The molecule has 28 heavy (non-hydrogen) atoms. The second-order valence-electron chi connectivity index (χ2n) is 7.52. The third-order valence-electron chi connectivity index (χ3n) is 5.91. The first-order chi connectivity index (χ1) is 13.6. The monoisotopic (exact) mass is 397 g/mol. The van der Waals surface area contributed by atoms with Crippen molar-refractivity contribution in [2.75, 3.05) is 12.9 Å². The summed E-state index contributed by atoms with van der Waals surface area (Å²) < 4.78 is 20.5. The Morgan fingerprint density at radius 3 is 2.68 bits per heavy atom. The van der Waals surface area contributed by atoms with Gasteiger partial charge in [0.25, 0.3) is 0 Å². The molecule has 2 aromatic rings.